The first-order valence-electron chi connectivity index (χ1n) is 23.1. The van der Waals surface area contributed by atoms with E-state index >= 15 is 0 Å². The molecule has 4 rings (SSSR count). The van der Waals surface area contributed by atoms with E-state index in [2.05, 4.69) is 24.1 Å². The molecule has 0 aliphatic heterocycles. The molecule has 1 aromatic carbocycles. The molecule has 0 aliphatic carbocycles. The van der Waals surface area contributed by atoms with Gasteiger partial charge in [0.05, 0.1) is 12.3 Å². The predicted molar refractivity (Wildman–Crippen MR) is 245 cm³/mol. The van der Waals surface area contributed by atoms with Crippen molar-refractivity contribution in [2.75, 3.05) is 6.61 Å². The largest absolute Gasteiger partial charge is 0.519 e. The Hall–Kier alpha value is -7.14. The lowest BCUT2D eigenvalue weighted by Crippen LogP contribution is -2.56. The van der Waals surface area contributed by atoms with Gasteiger partial charge in [0.25, 0.3) is 0 Å². The third-order valence-electron chi connectivity index (χ3n) is 11.0. The van der Waals surface area contributed by atoms with Gasteiger partial charge in [-0.15, -0.1) is 5.92 Å². The molecule has 0 saturated heterocycles. The van der Waals surface area contributed by atoms with Gasteiger partial charge < -0.3 is 55.9 Å². The highest BCUT2D eigenvalue weighted by molar-refractivity contribution is 5.95. The van der Waals surface area contributed by atoms with Gasteiger partial charge in [-0.1, -0.05) is 75.7 Å². The van der Waals surface area contributed by atoms with Crippen LogP contribution in [0.25, 0.3) is 0 Å². The molecule has 3 aromatic heterocycles. The molecule has 20 heteroatoms. The number of esters is 3. The van der Waals surface area contributed by atoms with Crippen molar-refractivity contribution in [2.45, 2.75) is 156 Å². The number of carbonyl (C=O) groups is 5. The molecule has 0 saturated carbocycles. The van der Waals surface area contributed by atoms with Crippen LogP contribution in [-0.4, -0.2) is 53.0 Å². The summed E-state index contributed by atoms with van der Waals surface area (Å²) in [5.74, 6) is -4.59. The molecule has 0 bridgehead atoms. The van der Waals surface area contributed by atoms with Crippen LogP contribution in [0.2, 0.25) is 0 Å². The Bertz CT molecular complexity index is 2610. The maximum absolute atomic E-state index is 14.7. The van der Waals surface area contributed by atoms with Gasteiger partial charge in [-0.3, -0.25) is 14.4 Å². The summed E-state index contributed by atoms with van der Waals surface area (Å²) in [7, 11) is 0. The number of hydrogen-bond acceptors (Lipinski definition) is 19. The van der Waals surface area contributed by atoms with Gasteiger partial charge >= 0.3 is 35.4 Å². The van der Waals surface area contributed by atoms with Crippen molar-refractivity contribution < 1.29 is 74.5 Å². The van der Waals surface area contributed by atoms with Gasteiger partial charge in [-0.2, -0.15) is 0 Å². The number of Topliss-reactive ketones (excluding diaryl/α,β-unsaturated/α-hetero) is 1. The van der Waals surface area contributed by atoms with Crippen LogP contribution < -0.4 is 27.5 Å². The van der Waals surface area contributed by atoms with Crippen LogP contribution in [0.1, 0.15) is 137 Å². The first kappa shape index (κ1) is 55.5. The topological polar surface area (TPSA) is 285 Å². The summed E-state index contributed by atoms with van der Waals surface area (Å²) >= 11 is 0. The average Bonchev–Trinajstić information content (AvgIpc) is 3.96. The molecule has 0 unspecified atom stereocenters. The predicted octanol–water partition coefficient (Wildman–Crippen LogP) is 6.47. The number of aryl methyl sites for hydroxylation is 3. The minimum absolute atomic E-state index is 0.00926. The van der Waals surface area contributed by atoms with Crippen molar-refractivity contribution in [3.05, 3.63) is 108 Å². The summed E-state index contributed by atoms with van der Waals surface area (Å²) in [6.45, 7) is 6.03. The van der Waals surface area contributed by atoms with Crippen LogP contribution >= 0.6 is 0 Å². The Kier molecular flexibility index (Phi) is 22.5. The normalized spacial score (nSPS) is 12.9. The lowest BCUT2D eigenvalue weighted by Gasteiger charge is -2.32. The minimum Gasteiger partial charge on any atom is -0.481 e. The van der Waals surface area contributed by atoms with Gasteiger partial charge in [0.2, 0.25) is 5.91 Å². The number of ketones is 1. The number of hydrogen-bond donors (Lipinski definition) is 2. The Morgan fingerprint density at radius 3 is 1.77 bits per heavy atom. The molecule has 0 radical (unpaired) electrons. The number of allylic oxidation sites excluding steroid dienone is 1. The van der Waals surface area contributed by atoms with E-state index in [4.69, 9.17) is 45.5 Å². The fourth-order valence-electron chi connectivity index (χ4n) is 7.03. The fourth-order valence-corrected chi connectivity index (χ4v) is 7.03. The van der Waals surface area contributed by atoms with Crippen molar-refractivity contribution in [3.63, 3.8) is 0 Å². The lowest BCUT2D eigenvalue weighted by atomic mass is 9.82. The molecule has 0 aliphatic rings. The van der Waals surface area contributed by atoms with Crippen molar-refractivity contribution in [1.29, 1.82) is 0 Å². The zero-order chi connectivity index (χ0) is 51.1. The maximum Gasteiger partial charge on any atom is 0.519 e. The summed E-state index contributed by atoms with van der Waals surface area (Å²) in [4.78, 5) is 104. The quantitative estimate of drug-likeness (QED) is 0.0179. The standard InChI is InChI=1S/C50H61NO19/c1-6-8-10-13-16-19-36(52)20-17-14-11-12-15-18-21-38(50(60,46(56)64-31-42-34(5)67-49(59)70-42)28-43(53)62-29-40-32(3)65-47(57)68-40)44(54)51-39(45(55)63-30-41-33(4)66-48(58)69-41)27-35-22-24-37(25-23-35)61-26-9-7-2/h18,21-25,38-39,60H,6,8,10-17,19-20,26-31H2,1-5H3,(H,51,54)/t38-,39+,50+/m1/s1. The molecule has 1 amide bonds. The smallest absolute Gasteiger partial charge is 0.481 e. The third-order valence-corrected chi connectivity index (χ3v) is 11.0. The molecule has 380 valence electrons. The average molecular weight is 980 g/mol. The highest BCUT2D eigenvalue weighted by atomic mass is 16.6. The monoisotopic (exact) mass is 979 g/mol. The molecule has 2 N–H and O–H groups in total. The van der Waals surface area contributed by atoms with Gasteiger partial charge in [-0.05, 0) is 71.1 Å². The van der Waals surface area contributed by atoms with Gasteiger partial charge in [-0.25, -0.2) is 24.0 Å². The van der Waals surface area contributed by atoms with Crippen molar-refractivity contribution in [1.82, 2.24) is 5.32 Å². The van der Waals surface area contributed by atoms with Gasteiger partial charge in [0.1, 0.15) is 24.2 Å². The number of amides is 1. The lowest BCUT2D eigenvalue weighted by molar-refractivity contribution is -0.181. The number of unbranched alkanes of at least 4 members (excludes halogenated alkanes) is 8. The number of carbonyl (C=O) groups excluding carboxylic acids is 5. The highest BCUT2D eigenvalue weighted by Crippen LogP contribution is 2.29. The Balaban J connectivity index is 1.64. The number of benzene rings is 1. The summed E-state index contributed by atoms with van der Waals surface area (Å²) < 4.78 is 51.0. The molecular weight excluding hydrogens is 919 g/mol. The summed E-state index contributed by atoms with van der Waals surface area (Å²) in [5, 5.41) is 15.0. The first-order chi connectivity index (χ1) is 33.5. The van der Waals surface area contributed by atoms with Crippen LogP contribution in [0.15, 0.2) is 77.3 Å². The van der Waals surface area contributed by atoms with Gasteiger partial charge in [0, 0.05) is 19.3 Å². The fraction of sp³-hybridized carbons (Fsp3) is 0.520. The molecule has 4 aromatic rings. The molecule has 3 heterocycles. The second-order valence-corrected chi connectivity index (χ2v) is 16.4. The number of nitrogens with one attached hydrogen (secondary N) is 1. The van der Waals surface area contributed by atoms with Crippen LogP contribution in [0.5, 0.6) is 5.75 Å². The summed E-state index contributed by atoms with van der Waals surface area (Å²) in [6, 6.07) is 4.90. The van der Waals surface area contributed by atoms with Crippen molar-refractivity contribution in [3.8, 4) is 17.6 Å². The summed E-state index contributed by atoms with van der Waals surface area (Å²) in [5.41, 5.74) is -2.62. The van der Waals surface area contributed by atoms with E-state index in [-0.39, 0.29) is 53.4 Å². The molecule has 3 atom stereocenters. The minimum atomic E-state index is -3.11. The van der Waals surface area contributed by atoms with E-state index in [1.165, 1.54) is 32.9 Å². The third kappa shape index (κ3) is 18.1. The van der Waals surface area contributed by atoms with E-state index in [9.17, 15) is 43.5 Å². The Morgan fingerprint density at radius 2 is 1.24 bits per heavy atom. The second kappa shape index (κ2) is 28.4. The Morgan fingerprint density at radius 1 is 0.714 bits per heavy atom. The van der Waals surface area contributed by atoms with E-state index in [1.54, 1.807) is 31.2 Å². The summed E-state index contributed by atoms with van der Waals surface area (Å²) in [6.07, 6.45) is 10.6. The Labute approximate surface area is 403 Å². The second-order valence-electron chi connectivity index (χ2n) is 16.4. The van der Waals surface area contributed by atoms with E-state index in [0.717, 1.165) is 38.5 Å². The number of rotatable bonds is 31. The number of ether oxygens (including phenoxy) is 4. The first-order valence-corrected chi connectivity index (χ1v) is 23.1. The molecule has 70 heavy (non-hydrogen) atoms. The van der Waals surface area contributed by atoms with Gasteiger partial charge in [0.15, 0.2) is 60.0 Å². The zero-order valence-corrected chi connectivity index (χ0v) is 40.1. The van der Waals surface area contributed by atoms with Crippen molar-refractivity contribution in [2.24, 2.45) is 5.92 Å². The molecule has 0 spiro atoms. The van der Waals surface area contributed by atoms with E-state index < -0.39 is 85.1 Å². The van der Waals surface area contributed by atoms with Crippen LogP contribution in [0, 0.1) is 38.5 Å². The molecular formula is C50H61NO19. The SMILES string of the molecule is CC#CCOc1ccc(C[C@H](NC(=O)[C@@H](C=CCCCCCCC(=O)CCCCCCC)[C@@](O)(CC(=O)OCc2oc(=O)oc2C)C(=O)OCc2oc(=O)oc2C)C(=O)OCc2oc(=O)oc2C)cc1. The number of aliphatic hydroxyl groups is 1. The van der Waals surface area contributed by atoms with Crippen LogP contribution in [0.3, 0.4) is 0 Å². The van der Waals surface area contributed by atoms with E-state index in [0.29, 0.717) is 49.8 Å². The van der Waals surface area contributed by atoms with Crippen molar-refractivity contribution >= 4 is 29.6 Å². The molecule has 0 fully saturated rings. The molecule has 20 nitrogen and oxygen atoms in total. The zero-order valence-electron chi connectivity index (χ0n) is 40.1. The van der Waals surface area contributed by atoms with Crippen LogP contribution in [-0.2, 0) is 64.4 Å². The van der Waals surface area contributed by atoms with E-state index in [1.807, 2.05) is 0 Å². The maximum atomic E-state index is 14.7. The van der Waals surface area contributed by atoms with Crippen LogP contribution in [0.4, 0.5) is 0 Å². The highest BCUT2D eigenvalue weighted by Gasteiger charge is 2.51.